The Kier molecular flexibility index (Phi) is 10.7. The van der Waals surface area contributed by atoms with E-state index in [0.717, 1.165) is 19.3 Å². The van der Waals surface area contributed by atoms with Crippen molar-refractivity contribution in [3.63, 3.8) is 0 Å². The first kappa shape index (κ1) is 36.9. The zero-order chi connectivity index (χ0) is 35.7. The number of nitrogens with two attached hydrogens (primary N) is 1. The summed E-state index contributed by atoms with van der Waals surface area (Å²) in [6.45, 7) is 9.67. The first-order valence-electron chi connectivity index (χ1n) is 16.6. The van der Waals surface area contributed by atoms with E-state index in [0.29, 0.717) is 12.8 Å². The van der Waals surface area contributed by atoms with Crippen molar-refractivity contribution in [3.05, 3.63) is 30.3 Å². The van der Waals surface area contributed by atoms with E-state index in [4.69, 9.17) is 12.2 Å². The lowest BCUT2D eigenvalue weighted by atomic mass is 9.83. The third kappa shape index (κ3) is 7.86. The Hall–Kier alpha value is -3.92. The van der Waals surface area contributed by atoms with Gasteiger partial charge in [-0.15, -0.1) is 12.3 Å². The maximum Gasteiger partial charge on any atom is 0.315 e. The average Bonchev–Trinajstić information content (AvgIpc) is 3.32. The maximum atomic E-state index is 14.3. The predicted molar refractivity (Wildman–Crippen MR) is 180 cm³/mol. The standard InChI is InChI=1S/C35H49N5O7S/c1-7-8-17-24(27(41)29(36)42)37-30(43)26-25-23(34(25,5)6)20-40(26)31(44)28(33(2,3)4)38-32(45)39-35(18-13-10-14-19-35)21-48(46,47)22-15-11-9-12-16-22/h1,9,11-12,15-16,23-26,28H,8,10,13-14,17-21H2,2-6H3,(H2,36,42)(H,37,43)(H2,38,39,45)/t23?,24?,25?,26-,28+/m0/s1. The second-order valence-corrected chi connectivity index (χ2v) is 17.2. The number of nitrogens with one attached hydrogen (secondary N) is 3. The first-order chi connectivity index (χ1) is 22.3. The summed E-state index contributed by atoms with van der Waals surface area (Å²) in [6.07, 6.45) is 8.84. The minimum Gasteiger partial charge on any atom is -0.363 e. The molecule has 3 fully saturated rings. The Labute approximate surface area is 283 Å². The van der Waals surface area contributed by atoms with Crippen molar-refractivity contribution in [1.82, 2.24) is 20.9 Å². The van der Waals surface area contributed by atoms with E-state index in [-0.39, 0.29) is 47.3 Å². The molecule has 5 amide bonds. The van der Waals surface area contributed by atoms with Crippen molar-refractivity contribution in [2.45, 2.75) is 108 Å². The quantitative estimate of drug-likeness (QED) is 0.192. The van der Waals surface area contributed by atoms with Crippen LogP contribution in [0.5, 0.6) is 0 Å². The van der Waals surface area contributed by atoms with E-state index >= 15 is 0 Å². The molecule has 1 saturated heterocycles. The number of nitrogens with zero attached hydrogens (tertiary/aromatic N) is 1. The fourth-order valence-electron chi connectivity index (χ4n) is 7.57. The summed E-state index contributed by atoms with van der Waals surface area (Å²) in [7, 11) is -3.73. The molecule has 4 rings (SSSR count). The molecule has 1 heterocycles. The highest BCUT2D eigenvalue weighted by molar-refractivity contribution is 7.91. The predicted octanol–water partition coefficient (Wildman–Crippen LogP) is 2.31. The number of sulfone groups is 1. The monoisotopic (exact) mass is 683 g/mol. The summed E-state index contributed by atoms with van der Waals surface area (Å²) in [4.78, 5) is 67.7. The van der Waals surface area contributed by atoms with Crippen molar-refractivity contribution >= 4 is 39.4 Å². The number of hydrogen-bond donors (Lipinski definition) is 4. The number of likely N-dealkylation sites (tertiary alicyclic amines) is 1. The molecule has 0 spiro atoms. The molecule has 12 nitrogen and oxygen atoms in total. The van der Waals surface area contributed by atoms with Crippen LogP contribution in [0.2, 0.25) is 0 Å². The normalized spacial score (nSPS) is 23.8. The molecular formula is C35H49N5O7S. The number of Topliss-reactive ketones (excluding diaryl/α,β-unsaturated/α-hetero) is 1. The minimum atomic E-state index is -3.73. The highest BCUT2D eigenvalue weighted by atomic mass is 32.2. The van der Waals surface area contributed by atoms with Crippen molar-refractivity contribution < 1.29 is 32.4 Å². The van der Waals surface area contributed by atoms with Gasteiger partial charge in [-0.25, -0.2) is 13.2 Å². The van der Waals surface area contributed by atoms with Gasteiger partial charge >= 0.3 is 6.03 Å². The number of primary amides is 1. The van der Waals surface area contributed by atoms with Crippen LogP contribution in [0.1, 0.15) is 79.6 Å². The van der Waals surface area contributed by atoms with E-state index in [1.807, 2.05) is 13.8 Å². The minimum absolute atomic E-state index is 0.0102. The van der Waals surface area contributed by atoms with E-state index in [1.165, 1.54) is 17.0 Å². The van der Waals surface area contributed by atoms with Crippen molar-refractivity contribution in [2.75, 3.05) is 12.3 Å². The first-order valence-corrected chi connectivity index (χ1v) is 18.2. The second-order valence-electron chi connectivity index (χ2n) is 15.2. The van der Waals surface area contributed by atoms with E-state index in [2.05, 4.69) is 21.9 Å². The topological polar surface area (TPSA) is 185 Å². The number of rotatable bonds is 12. The SMILES string of the molecule is C#CCCC(NC(=O)[C@@H]1C2C(CN1C(=O)[C@@H](NC(=O)NC1(CS(=O)(=O)c3ccccc3)CCCCC1)C(C)(C)C)C2(C)C)C(=O)C(N)=O. The Morgan fingerprint density at radius 3 is 2.23 bits per heavy atom. The fourth-order valence-corrected chi connectivity index (χ4v) is 9.40. The van der Waals surface area contributed by atoms with Crippen LogP contribution in [0.25, 0.3) is 0 Å². The summed E-state index contributed by atoms with van der Waals surface area (Å²) in [6, 6.07) is 4.19. The number of benzene rings is 1. The Bertz CT molecular complexity index is 1570. The molecule has 1 aromatic rings. The van der Waals surface area contributed by atoms with Gasteiger partial charge in [0.15, 0.2) is 9.84 Å². The number of ketones is 1. The molecule has 1 aliphatic heterocycles. The van der Waals surface area contributed by atoms with Crippen LogP contribution in [0.3, 0.4) is 0 Å². The van der Waals surface area contributed by atoms with Crippen LogP contribution >= 0.6 is 0 Å². The highest BCUT2D eigenvalue weighted by Gasteiger charge is 2.70. The summed E-state index contributed by atoms with van der Waals surface area (Å²) in [5.74, 6) is -1.32. The van der Waals surface area contributed by atoms with Gasteiger partial charge < -0.3 is 26.6 Å². The molecule has 13 heteroatoms. The molecule has 262 valence electrons. The molecule has 3 unspecified atom stereocenters. The van der Waals surface area contributed by atoms with Crippen LogP contribution in [0, 0.1) is 35.0 Å². The van der Waals surface area contributed by atoms with Crippen LogP contribution in [-0.2, 0) is 29.0 Å². The average molecular weight is 684 g/mol. The number of hydrogen-bond acceptors (Lipinski definition) is 7. The number of urea groups is 1. The van der Waals surface area contributed by atoms with Gasteiger partial charge in [0.05, 0.1) is 22.2 Å². The molecular weight excluding hydrogens is 634 g/mol. The van der Waals surface area contributed by atoms with Crippen molar-refractivity contribution in [2.24, 2.45) is 28.4 Å². The Morgan fingerprint density at radius 1 is 1.04 bits per heavy atom. The molecule has 48 heavy (non-hydrogen) atoms. The highest BCUT2D eigenvalue weighted by Crippen LogP contribution is 2.65. The molecule has 3 aliphatic rings. The number of terminal acetylenes is 1. The molecule has 2 aliphatic carbocycles. The van der Waals surface area contributed by atoms with Gasteiger partial charge in [0.2, 0.25) is 17.6 Å². The van der Waals surface area contributed by atoms with Gasteiger partial charge in [0.1, 0.15) is 12.1 Å². The summed E-state index contributed by atoms with van der Waals surface area (Å²) >= 11 is 0. The number of fused-ring (bicyclic) bond motifs is 1. The van der Waals surface area contributed by atoms with Crippen LogP contribution in [0.15, 0.2) is 35.2 Å². The second kappa shape index (κ2) is 13.9. The van der Waals surface area contributed by atoms with Gasteiger partial charge in [-0.2, -0.15) is 0 Å². The van der Waals surface area contributed by atoms with Gasteiger partial charge in [-0.3, -0.25) is 19.2 Å². The van der Waals surface area contributed by atoms with Gasteiger partial charge in [-0.05, 0) is 54.1 Å². The number of piperidine rings is 1. The van der Waals surface area contributed by atoms with Crippen LogP contribution in [-0.4, -0.2) is 78.8 Å². The summed E-state index contributed by atoms with van der Waals surface area (Å²) in [5.41, 5.74) is 3.16. The Balaban J connectivity index is 1.56. The molecule has 1 aromatic carbocycles. The van der Waals surface area contributed by atoms with Gasteiger partial charge in [-0.1, -0.05) is 72.1 Å². The molecule has 5 N–H and O–H groups in total. The van der Waals surface area contributed by atoms with E-state index in [9.17, 15) is 32.4 Å². The third-order valence-electron chi connectivity index (χ3n) is 10.4. The number of amides is 5. The largest absolute Gasteiger partial charge is 0.363 e. The zero-order valence-corrected chi connectivity index (χ0v) is 29.3. The van der Waals surface area contributed by atoms with Crippen molar-refractivity contribution in [3.8, 4) is 12.3 Å². The summed E-state index contributed by atoms with van der Waals surface area (Å²) in [5, 5.41) is 8.43. The Morgan fingerprint density at radius 2 is 1.67 bits per heavy atom. The van der Waals surface area contributed by atoms with Gasteiger partial charge in [0, 0.05) is 13.0 Å². The fraction of sp³-hybridized carbons (Fsp3) is 0.629. The van der Waals surface area contributed by atoms with Gasteiger partial charge in [0.25, 0.3) is 5.91 Å². The third-order valence-corrected chi connectivity index (χ3v) is 12.3. The van der Waals surface area contributed by atoms with Crippen LogP contribution < -0.4 is 21.7 Å². The molecule has 5 atom stereocenters. The van der Waals surface area contributed by atoms with Crippen molar-refractivity contribution in [1.29, 1.82) is 0 Å². The maximum absolute atomic E-state index is 14.3. The van der Waals surface area contributed by atoms with E-state index in [1.54, 1.807) is 39.0 Å². The summed E-state index contributed by atoms with van der Waals surface area (Å²) < 4.78 is 26.9. The molecule has 0 bridgehead atoms. The van der Waals surface area contributed by atoms with Crippen LogP contribution in [0.4, 0.5) is 4.79 Å². The molecule has 2 saturated carbocycles. The molecule has 0 aromatic heterocycles. The lowest BCUT2D eigenvalue weighted by Crippen LogP contribution is -2.63. The number of carbonyl (C=O) groups is 5. The zero-order valence-electron chi connectivity index (χ0n) is 28.5. The molecule has 0 radical (unpaired) electrons. The smallest absolute Gasteiger partial charge is 0.315 e. The lowest BCUT2D eigenvalue weighted by molar-refractivity contribution is -0.145. The van der Waals surface area contributed by atoms with E-state index < -0.39 is 68.5 Å². The number of carbonyl (C=O) groups excluding carboxylic acids is 5. The lowest BCUT2D eigenvalue weighted by Gasteiger charge is -2.40.